The predicted molar refractivity (Wildman–Crippen MR) is 227 cm³/mol. The molecule has 0 spiro atoms. The van der Waals surface area contributed by atoms with Crippen molar-refractivity contribution < 1.29 is 0 Å². The van der Waals surface area contributed by atoms with E-state index in [9.17, 15) is 0 Å². The van der Waals surface area contributed by atoms with Gasteiger partial charge in [-0.25, -0.2) is 0 Å². The Labute approximate surface area is 309 Å². The van der Waals surface area contributed by atoms with E-state index < -0.39 is 0 Å². The van der Waals surface area contributed by atoms with Gasteiger partial charge in [0, 0.05) is 0 Å². The summed E-state index contributed by atoms with van der Waals surface area (Å²) in [7, 11) is 0. The van der Waals surface area contributed by atoms with E-state index in [0.717, 1.165) is 35.5 Å². The molecule has 0 heterocycles. The maximum absolute atomic E-state index is 3.00. The van der Waals surface area contributed by atoms with E-state index in [0.29, 0.717) is 0 Å². The van der Waals surface area contributed by atoms with Gasteiger partial charge in [-0.05, 0) is 165 Å². The molecule has 0 amide bonds. The molecule has 0 aromatic heterocycles. The van der Waals surface area contributed by atoms with Crippen LogP contribution in [0.1, 0.15) is 176 Å². The molecule has 3 aliphatic rings. The quantitative estimate of drug-likeness (QED) is 0.166. The third-order valence-corrected chi connectivity index (χ3v) is 10.9. The van der Waals surface area contributed by atoms with Gasteiger partial charge >= 0.3 is 0 Å². The molecule has 3 aliphatic carbocycles. The lowest BCUT2D eigenvalue weighted by Gasteiger charge is -2.37. The van der Waals surface area contributed by atoms with Crippen molar-refractivity contribution in [2.45, 2.75) is 165 Å². The first-order valence-electron chi connectivity index (χ1n) is 19.4. The van der Waals surface area contributed by atoms with Gasteiger partial charge in [0.05, 0.1) is 0 Å². The minimum atomic E-state index is 0.806. The van der Waals surface area contributed by atoms with Crippen molar-refractivity contribution in [3.8, 4) is 0 Å². The summed E-state index contributed by atoms with van der Waals surface area (Å²) >= 11 is 2.15. The highest BCUT2D eigenvalue weighted by molar-refractivity contribution is 14.1. The molecule has 0 unspecified atom stereocenters. The van der Waals surface area contributed by atoms with Gasteiger partial charge < -0.3 is 0 Å². The van der Waals surface area contributed by atoms with Gasteiger partial charge in [0.2, 0.25) is 0 Å². The third-order valence-electron chi connectivity index (χ3n) is 10.9. The summed E-state index contributed by atoms with van der Waals surface area (Å²) in [5, 5.41) is 0. The fraction of sp³-hybridized carbons (Fsp3) is 0.652. The Morgan fingerprint density at radius 1 is 0.532 bits per heavy atom. The molecule has 0 N–H and O–H groups in total. The largest absolute Gasteiger partial charge is 0.106 e. The van der Waals surface area contributed by atoms with Gasteiger partial charge in [-0.15, -0.1) is 13.2 Å². The number of benzene rings is 2. The standard InChI is InChI=1S/C24H36.C15H22.2C2H6.C2H4.CH3I/c1-5-6-24-18(3)15-23(16-19(24)4)22-13-11-21(12-14-22)20-9-7-17(2)8-10-20;1-11-4-7-14(8-5-11)15-9-6-12(2)13(3)10-15;4*1-2/h5-6,15-17,20-22H,7-14H2,1-4H3;6,9-11,14H,4-5,7-8H2,1-3H3;2*1-2H3;1-2H2;1H3/b6-5+;;;;;. The zero-order chi connectivity index (χ0) is 35.9. The maximum Gasteiger partial charge on any atom is -0.0121 e. The van der Waals surface area contributed by atoms with E-state index in [1.807, 2.05) is 32.6 Å². The maximum atomic E-state index is 3.00. The normalized spacial score (nSPS) is 25.0. The molecule has 47 heavy (non-hydrogen) atoms. The highest BCUT2D eigenvalue weighted by atomic mass is 127. The summed E-state index contributed by atoms with van der Waals surface area (Å²) in [6, 6.07) is 12.0. The lowest BCUT2D eigenvalue weighted by molar-refractivity contribution is 0.165. The predicted octanol–water partition coefficient (Wildman–Crippen LogP) is 15.9. The van der Waals surface area contributed by atoms with Crippen molar-refractivity contribution in [2.24, 2.45) is 23.7 Å². The molecule has 2 aromatic carbocycles. The van der Waals surface area contributed by atoms with Crippen molar-refractivity contribution in [3.05, 3.63) is 88.5 Å². The molecule has 0 atom stereocenters. The van der Waals surface area contributed by atoms with Gasteiger partial charge in [0.15, 0.2) is 0 Å². The first-order valence-corrected chi connectivity index (χ1v) is 21.6. The molecule has 0 bridgehead atoms. The Kier molecular flexibility index (Phi) is 25.7. The van der Waals surface area contributed by atoms with Gasteiger partial charge in [0.1, 0.15) is 0 Å². The van der Waals surface area contributed by atoms with E-state index in [1.54, 1.807) is 11.1 Å². The van der Waals surface area contributed by atoms with Crippen LogP contribution >= 0.6 is 22.6 Å². The number of rotatable bonds is 4. The lowest BCUT2D eigenvalue weighted by atomic mass is 9.68. The van der Waals surface area contributed by atoms with Crippen LogP contribution < -0.4 is 0 Å². The minimum absolute atomic E-state index is 0.806. The van der Waals surface area contributed by atoms with E-state index >= 15 is 0 Å². The molecule has 0 aliphatic heterocycles. The highest BCUT2D eigenvalue weighted by Gasteiger charge is 2.30. The summed E-state index contributed by atoms with van der Waals surface area (Å²) in [6.45, 7) is 29.9. The lowest BCUT2D eigenvalue weighted by Crippen LogP contribution is -2.24. The topological polar surface area (TPSA) is 0 Å². The zero-order valence-corrected chi connectivity index (χ0v) is 35.4. The fourth-order valence-corrected chi connectivity index (χ4v) is 7.97. The number of allylic oxidation sites excluding steroid dienone is 1. The van der Waals surface area contributed by atoms with Crippen molar-refractivity contribution in [2.75, 3.05) is 4.93 Å². The molecule has 0 radical (unpaired) electrons. The van der Waals surface area contributed by atoms with Gasteiger partial charge in [0.25, 0.3) is 0 Å². The van der Waals surface area contributed by atoms with Crippen molar-refractivity contribution in [1.82, 2.24) is 0 Å². The van der Waals surface area contributed by atoms with E-state index in [-0.39, 0.29) is 0 Å². The first kappa shape index (κ1) is 45.6. The van der Waals surface area contributed by atoms with Crippen LogP contribution in [0.2, 0.25) is 0 Å². The molecule has 5 rings (SSSR count). The number of halogens is 1. The van der Waals surface area contributed by atoms with Crippen molar-refractivity contribution >= 4 is 28.7 Å². The summed E-state index contributed by atoms with van der Waals surface area (Å²) in [5.41, 5.74) is 10.4. The summed E-state index contributed by atoms with van der Waals surface area (Å²) in [4.78, 5) is 1.97. The highest BCUT2D eigenvalue weighted by Crippen LogP contribution is 2.44. The number of alkyl halides is 1. The summed E-state index contributed by atoms with van der Waals surface area (Å²) < 4.78 is 0. The second kappa shape index (κ2) is 26.5. The van der Waals surface area contributed by atoms with Crippen molar-refractivity contribution in [1.29, 1.82) is 0 Å². The zero-order valence-electron chi connectivity index (χ0n) is 33.3. The molecule has 268 valence electrons. The molecule has 0 saturated heterocycles. The average Bonchev–Trinajstić information content (AvgIpc) is 3.12. The van der Waals surface area contributed by atoms with Crippen LogP contribution in [-0.4, -0.2) is 4.93 Å². The van der Waals surface area contributed by atoms with Crippen LogP contribution in [0.5, 0.6) is 0 Å². The number of aryl methyl sites for hydroxylation is 4. The molecule has 1 heteroatoms. The van der Waals surface area contributed by atoms with Crippen molar-refractivity contribution in [3.63, 3.8) is 0 Å². The third kappa shape index (κ3) is 15.4. The molecule has 2 aromatic rings. The van der Waals surface area contributed by atoms with Gasteiger partial charge in [-0.3, -0.25) is 0 Å². The fourth-order valence-electron chi connectivity index (χ4n) is 7.97. The second-order valence-electron chi connectivity index (χ2n) is 14.0. The summed E-state index contributed by atoms with van der Waals surface area (Å²) in [5.74, 6) is 5.65. The van der Waals surface area contributed by atoms with Crippen LogP contribution in [0.25, 0.3) is 6.08 Å². The second-order valence-corrected chi connectivity index (χ2v) is 14.0. The number of hydrogen-bond acceptors (Lipinski definition) is 0. The Morgan fingerprint density at radius 2 is 0.894 bits per heavy atom. The first-order chi connectivity index (χ1) is 22.7. The molecule has 3 saturated carbocycles. The minimum Gasteiger partial charge on any atom is -0.106 e. The van der Waals surface area contributed by atoms with E-state index in [2.05, 4.69) is 127 Å². The van der Waals surface area contributed by atoms with Crippen LogP contribution in [0.15, 0.2) is 49.6 Å². The molecular weight excluding hydrogens is 679 g/mol. The van der Waals surface area contributed by atoms with Crippen LogP contribution in [0.3, 0.4) is 0 Å². The summed E-state index contributed by atoms with van der Waals surface area (Å²) in [6.07, 6.45) is 21.8. The average molecular weight is 757 g/mol. The monoisotopic (exact) mass is 757 g/mol. The van der Waals surface area contributed by atoms with Gasteiger partial charge in [-0.2, -0.15) is 0 Å². The Bertz CT molecular complexity index is 1060. The Hall–Kier alpha value is -1.35. The van der Waals surface area contributed by atoms with Gasteiger partial charge in [-0.1, -0.05) is 132 Å². The SMILES string of the molecule is C/C=C/c1c(C)cc(C2CCC(C3CCC(C)CC3)CC2)cc1C.C=C.CC.CC.CI.Cc1ccc(C2CCC(C)CC2)cc1C. The molecule has 0 nitrogen and oxygen atoms in total. The Balaban J connectivity index is 0.000000791. The molecule has 3 fully saturated rings. The van der Waals surface area contributed by atoms with Crippen LogP contribution in [0.4, 0.5) is 0 Å². The van der Waals surface area contributed by atoms with Crippen LogP contribution in [-0.2, 0) is 0 Å². The number of hydrogen-bond donors (Lipinski definition) is 0. The van der Waals surface area contributed by atoms with E-state index in [1.165, 1.54) is 105 Å². The molecular formula is C46H77I. The smallest absolute Gasteiger partial charge is 0.0121 e. The van der Waals surface area contributed by atoms with E-state index in [4.69, 9.17) is 0 Å². The Morgan fingerprint density at radius 3 is 1.32 bits per heavy atom. The van der Waals surface area contributed by atoms with Crippen LogP contribution in [0, 0.1) is 51.4 Å².